The Balaban J connectivity index is 2.09. The normalized spacial score (nSPS) is 11.0. The Morgan fingerprint density at radius 2 is 0.966 bits per heavy atom. The van der Waals surface area contributed by atoms with Crippen LogP contribution >= 0.6 is 6.89 Å². The number of ketones is 1. The maximum atomic E-state index is 13.5. The number of hydrogen-bond acceptors (Lipinski definition) is 2. The predicted molar refractivity (Wildman–Crippen MR) is 126 cm³/mol. The van der Waals surface area contributed by atoms with Gasteiger partial charge in [-0.15, -0.1) is 0 Å². The monoisotopic (exact) mass is 395 g/mol. The zero-order valence-electron chi connectivity index (χ0n) is 16.0. The summed E-state index contributed by atoms with van der Waals surface area (Å²) < 4.78 is 0. The Labute approximate surface area is 171 Å². The molecule has 2 nitrogen and oxygen atoms in total. The molecule has 3 heteroatoms. The molecule has 0 bridgehead atoms. The first-order valence-electron chi connectivity index (χ1n) is 9.52. The van der Waals surface area contributed by atoms with Crippen molar-refractivity contribution in [2.75, 3.05) is 5.73 Å². The van der Waals surface area contributed by atoms with E-state index in [1.54, 1.807) is 12.1 Å². The molecule has 0 saturated carbocycles. The van der Waals surface area contributed by atoms with Crippen LogP contribution in [0.5, 0.6) is 0 Å². The first-order valence-corrected chi connectivity index (χ1v) is 11.4. The largest absolute Gasteiger partial charge is 0.398 e. The Morgan fingerprint density at radius 3 is 1.38 bits per heavy atom. The van der Waals surface area contributed by atoms with Gasteiger partial charge in [-0.05, 0) is 40.7 Å². The van der Waals surface area contributed by atoms with Gasteiger partial charge >= 0.3 is 0 Å². The van der Waals surface area contributed by atoms with Crippen molar-refractivity contribution in [3.05, 3.63) is 121 Å². The van der Waals surface area contributed by atoms with E-state index in [1.807, 2.05) is 72.5 Å². The minimum atomic E-state index is -2.32. The average molecular weight is 395 g/mol. The van der Waals surface area contributed by atoms with Crippen LogP contribution in [0.1, 0.15) is 10.4 Å². The predicted octanol–water partition coefficient (Wildman–Crippen LogP) is 4.25. The molecule has 0 spiro atoms. The summed E-state index contributed by atoms with van der Waals surface area (Å²) in [5, 5.41) is 3.42. The van der Waals surface area contributed by atoms with E-state index in [-0.39, 0.29) is 5.78 Å². The molecule has 0 fully saturated rings. The molecule has 142 valence electrons. The first-order chi connectivity index (χ1) is 14.2. The molecule has 0 heterocycles. The second-order valence-electron chi connectivity index (χ2n) is 6.81. The van der Waals surface area contributed by atoms with Gasteiger partial charge in [0.25, 0.3) is 0 Å². The molecule has 0 atom stereocenters. The highest BCUT2D eigenvalue weighted by molar-refractivity contribution is 7.95. The molecule has 0 unspecified atom stereocenters. The van der Waals surface area contributed by atoms with Gasteiger partial charge in [0.15, 0.2) is 5.78 Å². The Hall–Kier alpha value is -3.35. The summed E-state index contributed by atoms with van der Waals surface area (Å²) in [7, 11) is 0. The van der Waals surface area contributed by atoms with Crippen molar-refractivity contribution < 1.29 is 4.79 Å². The molecule has 0 aliphatic carbocycles. The Morgan fingerprint density at radius 1 is 0.586 bits per heavy atom. The molecule has 0 radical (unpaired) electrons. The third-order valence-corrected chi connectivity index (χ3v) is 8.99. The van der Waals surface area contributed by atoms with Crippen LogP contribution in [0.25, 0.3) is 0 Å². The number of benzene rings is 4. The topological polar surface area (TPSA) is 43.1 Å². The van der Waals surface area contributed by atoms with E-state index < -0.39 is 6.89 Å². The summed E-state index contributed by atoms with van der Waals surface area (Å²) in [6.07, 6.45) is 0. The van der Waals surface area contributed by atoms with Crippen molar-refractivity contribution in [2.24, 2.45) is 0 Å². The highest BCUT2D eigenvalue weighted by atomic mass is 31.2. The molecule has 0 saturated heterocycles. The van der Waals surface area contributed by atoms with Crippen molar-refractivity contribution in [3.8, 4) is 0 Å². The summed E-state index contributed by atoms with van der Waals surface area (Å²) in [6, 6.07) is 38.2. The number of nitrogens with two attached hydrogens (primary N) is 1. The van der Waals surface area contributed by atoms with Crippen molar-refractivity contribution in [2.45, 2.75) is 0 Å². The van der Waals surface area contributed by atoms with Crippen LogP contribution in [0.3, 0.4) is 0 Å². The van der Waals surface area contributed by atoms with Crippen LogP contribution in [0.15, 0.2) is 115 Å². The molecule has 4 rings (SSSR count). The quantitative estimate of drug-likeness (QED) is 0.312. The van der Waals surface area contributed by atoms with E-state index in [2.05, 4.69) is 36.4 Å². The van der Waals surface area contributed by atoms with E-state index in [0.717, 1.165) is 15.9 Å². The molecule has 4 aromatic rings. The van der Waals surface area contributed by atoms with E-state index >= 15 is 0 Å². The van der Waals surface area contributed by atoms with E-state index in [0.29, 0.717) is 11.3 Å². The van der Waals surface area contributed by atoms with Gasteiger partial charge in [-0.1, -0.05) is 103 Å². The SMILES string of the molecule is Nc1ccccc1C(=O)C=P(c1ccccc1)(c1ccccc1)c1ccccc1. The second-order valence-corrected chi connectivity index (χ2v) is 10.1. The fourth-order valence-corrected chi connectivity index (χ4v) is 7.39. The second kappa shape index (κ2) is 8.34. The Kier molecular flexibility index (Phi) is 5.46. The molecule has 29 heavy (non-hydrogen) atoms. The number of carbonyl (C=O) groups excluding carboxylic acids is 1. The van der Waals surface area contributed by atoms with Gasteiger partial charge in [0.1, 0.15) is 0 Å². The number of Topliss-reactive ketones (excluding diaryl/α,β-unsaturated/α-hetero) is 1. The first kappa shape index (κ1) is 19.0. The highest BCUT2D eigenvalue weighted by Gasteiger charge is 2.26. The molecule has 4 aromatic carbocycles. The molecular formula is C26H22NOP. The van der Waals surface area contributed by atoms with Crippen LogP contribution in [0.2, 0.25) is 0 Å². The third kappa shape index (κ3) is 3.68. The molecule has 0 aromatic heterocycles. The number of nitrogen functional groups attached to an aromatic ring is 1. The number of rotatable bonds is 5. The van der Waals surface area contributed by atoms with E-state index in [4.69, 9.17) is 5.73 Å². The lowest BCUT2D eigenvalue weighted by Gasteiger charge is -2.28. The van der Waals surface area contributed by atoms with Crippen molar-refractivity contribution in [1.29, 1.82) is 0 Å². The number of carbonyl (C=O) groups is 1. The standard InChI is InChI=1S/C26H22NOP/c27-25-19-11-10-18-24(25)26(28)20-29(21-12-4-1-5-13-21,22-14-6-2-7-15-22)23-16-8-3-9-17-23/h1-20H,27H2. The molecule has 0 aliphatic heterocycles. The van der Waals surface area contributed by atoms with Crippen LogP contribution < -0.4 is 21.6 Å². The van der Waals surface area contributed by atoms with E-state index in [9.17, 15) is 4.79 Å². The van der Waals surface area contributed by atoms with Crippen LogP contribution in [0.4, 0.5) is 5.69 Å². The van der Waals surface area contributed by atoms with Crippen molar-refractivity contribution in [1.82, 2.24) is 0 Å². The van der Waals surface area contributed by atoms with Crippen LogP contribution in [-0.4, -0.2) is 11.6 Å². The van der Waals surface area contributed by atoms with Gasteiger partial charge in [0, 0.05) is 11.3 Å². The highest BCUT2D eigenvalue weighted by Crippen LogP contribution is 2.43. The van der Waals surface area contributed by atoms with Crippen molar-refractivity contribution in [3.63, 3.8) is 0 Å². The van der Waals surface area contributed by atoms with Gasteiger partial charge in [0.05, 0.1) is 0 Å². The smallest absolute Gasteiger partial charge is 0.188 e. The minimum absolute atomic E-state index is 0.0482. The number of anilines is 1. The zero-order valence-corrected chi connectivity index (χ0v) is 16.9. The summed E-state index contributed by atoms with van der Waals surface area (Å²) in [5.74, 6) is 1.87. The third-order valence-electron chi connectivity index (χ3n) is 5.03. The fraction of sp³-hybridized carbons (Fsp3) is 0. The molecule has 0 aliphatic rings. The van der Waals surface area contributed by atoms with Crippen LogP contribution in [-0.2, 0) is 0 Å². The summed E-state index contributed by atoms with van der Waals surface area (Å²) in [5.41, 5.74) is 7.17. The maximum Gasteiger partial charge on any atom is 0.188 e. The summed E-state index contributed by atoms with van der Waals surface area (Å²) >= 11 is 0. The lowest BCUT2D eigenvalue weighted by molar-refractivity contribution is 0.107. The molecule has 0 amide bonds. The lowest BCUT2D eigenvalue weighted by Crippen LogP contribution is -2.28. The van der Waals surface area contributed by atoms with Gasteiger partial charge in [-0.2, -0.15) is 0 Å². The van der Waals surface area contributed by atoms with Crippen LogP contribution in [0, 0.1) is 0 Å². The zero-order chi connectivity index (χ0) is 20.1. The number of hydrogen-bond donors (Lipinski definition) is 1. The number of para-hydroxylation sites is 1. The summed E-state index contributed by atoms with van der Waals surface area (Å²) in [4.78, 5) is 13.5. The van der Waals surface area contributed by atoms with Gasteiger partial charge in [-0.3, -0.25) is 4.79 Å². The van der Waals surface area contributed by atoms with Gasteiger partial charge in [-0.25, -0.2) is 0 Å². The molecule has 2 N–H and O–H groups in total. The minimum Gasteiger partial charge on any atom is -0.398 e. The fourth-order valence-electron chi connectivity index (χ4n) is 3.63. The lowest BCUT2D eigenvalue weighted by atomic mass is 10.1. The van der Waals surface area contributed by atoms with Crippen molar-refractivity contribution >= 4 is 40.1 Å². The molecular weight excluding hydrogens is 373 g/mol. The van der Waals surface area contributed by atoms with Gasteiger partial charge in [0.2, 0.25) is 0 Å². The average Bonchev–Trinajstić information content (AvgIpc) is 2.79. The van der Waals surface area contributed by atoms with E-state index in [1.165, 1.54) is 0 Å². The summed E-state index contributed by atoms with van der Waals surface area (Å²) in [6.45, 7) is -2.32. The van der Waals surface area contributed by atoms with Gasteiger partial charge < -0.3 is 5.73 Å². The Bertz CT molecular complexity index is 1070. The maximum absolute atomic E-state index is 13.5.